The van der Waals surface area contributed by atoms with E-state index in [1.54, 1.807) is 0 Å². The van der Waals surface area contributed by atoms with E-state index in [9.17, 15) is 4.79 Å². The average Bonchev–Trinajstić information content (AvgIpc) is 3.17. The molecule has 3 heteroatoms. The molecule has 0 aromatic heterocycles. The molecule has 2 fully saturated rings. The third-order valence-electron chi connectivity index (χ3n) is 4.77. The molecule has 1 aromatic rings. The van der Waals surface area contributed by atoms with Crippen LogP contribution in [0.2, 0.25) is 0 Å². The van der Waals surface area contributed by atoms with Crippen LogP contribution in [0.1, 0.15) is 56.1 Å². The van der Waals surface area contributed by atoms with Gasteiger partial charge in [-0.25, -0.2) is 0 Å². The van der Waals surface area contributed by atoms with Gasteiger partial charge in [0.05, 0.1) is 6.42 Å². The van der Waals surface area contributed by atoms with Gasteiger partial charge in [0.25, 0.3) is 0 Å². The van der Waals surface area contributed by atoms with E-state index < -0.39 is 0 Å². The Morgan fingerprint density at radius 2 is 1.90 bits per heavy atom. The van der Waals surface area contributed by atoms with Gasteiger partial charge >= 0.3 is 0 Å². The lowest BCUT2D eigenvalue weighted by Gasteiger charge is -2.22. The Kier molecular flexibility index (Phi) is 4.29. The second-order valence-corrected chi connectivity index (χ2v) is 6.94. The molecule has 0 aliphatic heterocycles. The minimum absolute atomic E-state index is 0.0307. The Labute approximate surface area is 127 Å². The van der Waals surface area contributed by atoms with E-state index in [0.29, 0.717) is 12.5 Å². The Hall–Kier alpha value is -1.35. The van der Waals surface area contributed by atoms with Gasteiger partial charge in [-0.3, -0.25) is 4.79 Å². The minimum Gasteiger partial charge on any atom is -0.353 e. The maximum Gasteiger partial charge on any atom is 0.224 e. The van der Waals surface area contributed by atoms with E-state index in [1.165, 1.54) is 24.8 Å². The van der Waals surface area contributed by atoms with Crippen LogP contribution in [-0.2, 0) is 17.6 Å². The molecule has 2 aliphatic carbocycles. The highest BCUT2D eigenvalue weighted by atomic mass is 16.1. The van der Waals surface area contributed by atoms with Crippen molar-refractivity contribution in [3.8, 4) is 0 Å². The Bertz CT molecular complexity index is 502. The molecule has 21 heavy (non-hydrogen) atoms. The van der Waals surface area contributed by atoms with Crippen molar-refractivity contribution in [3.05, 3.63) is 35.4 Å². The predicted octanol–water partition coefficient (Wildman–Crippen LogP) is 2.71. The summed E-state index contributed by atoms with van der Waals surface area (Å²) in [6, 6.07) is 8.75. The lowest BCUT2D eigenvalue weighted by molar-refractivity contribution is -0.121. The lowest BCUT2D eigenvalue weighted by atomic mass is 9.95. The zero-order chi connectivity index (χ0) is 14.7. The third-order valence-corrected chi connectivity index (χ3v) is 4.77. The molecule has 0 radical (unpaired) electrons. The molecule has 1 amide bonds. The van der Waals surface area contributed by atoms with Crippen molar-refractivity contribution in [2.45, 2.75) is 69.4 Å². The normalized spacial score (nSPS) is 21.0. The summed E-state index contributed by atoms with van der Waals surface area (Å²) in [4.78, 5) is 12.2. The van der Waals surface area contributed by atoms with E-state index >= 15 is 0 Å². The van der Waals surface area contributed by atoms with Crippen molar-refractivity contribution >= 4 is 5.91 Å². The maximum absolute atomic E-state index is 12.2. The second kappa shape index (κ2) is 6.18. The molecule has 0 heterocycles. The van der Waals surface area contributed by atoms with Crippen molar-refractivity contribution in [2.75, 3.05) is 0 Å². The van der Waals surface area contributed by atoms with E-state index in [2.05, 4.69) is 17.4 Å². The number of nitrogens with two attached hydrogens (primary N) is 1. The van der Waals surface area contributed by atoms with Crippen LogP contribution < -0.4 is 11.1 Å². The number of rotatable bonds is 5. The summed E-state index contributed by atoms with van der Waals surface area (Å²) >= 11 is 0. The zero-order valence-corrected chi connectivity index (χ0v) is 12.7. The molecule has 3 nitrogen and oxygen atoms in total. The van der Waals surface area contributed by atoms with Gasteiger partial charge in [0, 0.05) is 11.6 Å². The zero-order valence-electron chi connectivity index (χ0n) is 12.7. The highest BCUT2D eigenvalue weighted by Gasteiger charge is 2.37. The first kappa shape index (κ1) is 14.6. The molecule has 2 aliphatic rings. The first-order valence-corrected chi connectivity index (χ1v) is 8.29. The van der Waals surface area contributed by atoms with Gasteiger partial charge < -0.3 is 11.1 Å². The van der Waals surface area contributed by atoms with E-state index in [0.717, 1.165) is 37.7 Å². The van der Waals surface area contributed by atoms with Gasteiger partial charge in [-0.05, 0) is 43.2 Å². The van der Waals surface area contributed by atoms with Crippen molar-refractivity contribution in [2.24, 2.45) is 5.73 Å². The van der Waals surface area contributed by atoms with Gasteiger partial charge in [-0.2, -0.15) is 0 Å². The molecule has 0 spiro atoms. The smallest absolute Gasteiger partial charge is 0.224 e. The SMILES string of the molecule is NC1(Cc2cccc(CC(=O)NC3CCCCC3)c2)CC1. The number of carbonyl (C=O) groups excluding carboxylic acids is 1. The first-order valence-electron chi connectivity index (χ1n) is 8.29. The summed E-state index contributed by atoms with van der Waals surface area (Å²) in [7, 11) is 0. The fraction of sp³-hybridized carbons (Fsp3) is 0.611. The largest absolute Gasteiger partial charge is 0.353 e. The van der Waals surface area contributed by atoms with Crippen molar-refractivity contribution in [1.29, 1.82) is 0 Å². The van der Waals surface area contributed by atoms with Gasteiger partial charge in [-0.1, -0.05) is 43.5 Å². The Morgan fingerprint density at radius 3 is 2.62 bits per heavy atom. The van der Waals surface area contributed by atoms with Crippen LogP contribution in [0.5, 0.6) is 0 Å². The number of hydrogen-bond acceptors (Lipinski definition) is 2. The van der Waals surface area contributed by atoms with Crippen LogP contribution in [0, 0.1) is 0 Å². The maximum atomic E-state index is 12.2. The van der Waals surface area contributed by atoms with Crippen LogP contribution in [-0.4, -0.2) is 17.5 Å². The molecule has 0 bridgehead atoms. The van der Waals surface area contributed by atoms with E-state index in [4.69, 9.17) is 5.73 Å². The van der Waals surface area contributed by atoms with Crippen molar-refractivity contribution in [1.82, 2.24) is 5.32 Å². The molecular weight excluding hydrogens is 260 g/mol. The van der Waals surface area contributed by atoms with E-state index in [1.807, 2.05) is 12.1 Å². The number of benzene rings is 1. The van der Waals surface area contributed by atoms with Gasteiger partial charge in [0.15, 0.2) is 0 Å². The molecule has 2 saturated carbocycles. The summed E-state index contributed by atoms with van der Waals surface area (Å²) < 4.78 is 0. The van der Waals surface area contributed by atoms with Crippen LogP contribution in [0.4, 0.5) is 0 Å². The Balaban J connectivity index is 1.53. The molecule has 3 rings (SSSR count). The minimum atomic E-state index is 0.0307. The van der Waals surface area contributed by atoms with Gasteiger partial charge in [0.1, 0.15) is 0 Å². The topological polar surface area (TPSA) is 55.1 Å². The fourth-order valence-corrected chi connectivity index (χ4v) is 3.30. The fourth-order valence-electron chi connectivity index (χ4n) is 3.30. The summed E-state index contributed by atoms with van der Waals surface area (Å²) in [6.07, 6.45) is 9.77. The first-order chi connectivity index (χ1) is 10.1. The van der Waals surface area contributed by atoms with Crippen LogP contribution in [0.25, 0.3) is 0 Å². The highest BCUT2D eigenvalue weighted by molar-refractivity contribution is 5.78. The van der Waals surface area contributed by atoms with Crippen LogP contribution >= 0.6 is 0 Å². The molecule has 1 aromatic carbocycles. The van der Waals surface area contributed by atoms with Crippen molar-refractivity contribution in [3.63, 3.8) is 0 Å². The summed E-state index contributed by atoms with van der Waals surface area (Å²) in [5, 5.41) is 3.18. The number of amides is 1. The van der Waals surface area contributed by atoms with Gasteiger partial charge in [-0.15, -0.1) is 0 Å². The average molecular weight is 286 g/mol. The van der Waals surface area contributed by atoms with E-state index in [-0.39, 0.29) is 11.4 Å². The van der Waals surface area contributed by atoms with Gasteiger partial charge in [0.2, 0.25) is 5.91 Å². The number of nitrogens with one attached hydrogen (secondary N) is 1. The molecule has 0 unspecified atom stereocenters. The predicted molar refractivity (Wildman–Crippen MR) is 85.0 cm³/mol. The summed E-state index contributed by atoms with van der Waals surface area (Å²) in [5.74, 6) is 0.160. The molecule has 3 N–H and O–H groups in total. The summed E-state index contributed by atoms with van der Waals surface area (Å²) in [6.45, 7) is 0. The molecule has 0 saturated heterocycles. The van der Waals surface area contributed by atoms with Crippen LogP contribution in [0.3, 0.4) is 0 Å². The van der Waals surface area contributed by atoms with Crippen molar-refractivity contribution < 1.29 is 4.79 Å². The number of carbonyl (C=O) groups is 1. The molecule has 0 atom stereocenters. The Morgan fingerprint density at radius 1 is 1.19 bits per heavy atom. The molecule has 114 valence electrons. The standard InChI is InChI=1S/C18H26N2O/c19-18(9-10-18)13-15-6-4-5-14(11-15)12-17(21)20-16-7-2-1-3-8-16/h4-6,11,16H,1-3,7-10,12-13,19H2,(H,20,21). The second-order valence-electron chi connectivity index (χ2n) is 6.94. The quantitative estimate of drug-likeness (QED) is 0.874. The molecular formula is C18H26N2O. The highest BCUT2D eigenvalue weighted by Crippen LogP contribution is 2.35. The monoisotopic (exact) mass is 286 g/mol. The number of hydrogen-bond donors (Lipinski definition) is 2. The van der Waals surface area contributed by atoms with Crippen LogP contribution in [0.15, 0.2) is 24.3 Å². The summed E-state index contributed by atoms with van der Waals surface area (Å²) in [5.41, 5.74) is 8.57. The third kappa shape index (κ3) is 4.31. The lowest BCUT2D eigenvalue weighted by Crippen LogP contribution is -2.37.